The van der Waals surface area contributed by atoms with E-state index in [1.807, 2.05) is 13.0 Å². The summed E-state index contributed by atoms with van der Waals surface area (Å²) in [6.45, 7) is 8.32. The molecule has 0 aromatic heterocycles. The Balaban J connectivity index is 0.000000673. The van der Waals surface area contributed by atoms with Crippen LogP contribution in [0.5, 0.6) is 0 Å². The van der Waals surface area contributed by atoms with E-state index in [1.54, 1.807) is 12.1 Å². The fourth-order valence-corrected chi connectivity index (χ4v) is 1.40. The van der Waals surface area contributed by atoms with Gasteiger partial charge in [0.25, 0.3) is 5.69 Å². The first-order valence-electron chi connectivity index (χ1n) is 5.86. The molecular weight excluding hydrogens is 202 g/mol. The minimum absolute atomic E-state index is 0.189. The number of hydrogen-bond acceptors (Lipinski definition) is 2. The van der Waals surface area contributed by atoms with E-state index < -0.39 is 0 Å². The van der Waals surface area contributed by atoms with Gasteiger partial charge < -0.3 is 0 Å². The summed E-state index contributed by atoms with van der Waals surface area (Å²) < 4.78 is 0. The summed E-state index contributed by atoms with van der Waals surface area (Å²) in [6, 6.07) is 5.08. The van der Waals surface area contributed by atoms with Gasteiger partial charge in [0, 0.05) is 12.1 Å². The number of nitrogens with zero attached hydrogens (tertiary/aromatic N) is 1. The maximum absolute atomic E-state index is 10.5. The van der Waals surface area contributed by atoms with Crippen LogP contribution in [0.25, 0.3) is 0 Å². The third-order valence-electron chi connectivity index (χ3n) is 2.16. The van der Waals surface area contributed by atoms with Gasteiger partial charge in [-0.25, -0.2) is 0 Å². The Morgan fingerprint density at radius 1 is 1.06 bits per heavy atom. The lowest BCUT2D eigenvalue weighted by atomic mass is 10.0. The van der Waals surface area contributed by atoms with E-state index in [2.05, 4.69) is 20.8 Å². The van der Waals surface area contributed by atoms with E-state index >= 15 is 0 Å². The minimum Gasteiger partial charge on any atom is -0.258 e. The molecule has 0 spiro atoms. The topological polar surface area (TPSA) is 43.1 Å². The first kappa shape index (κ1) is 14.6. The van der Waals surface area contributed by atoms with Gasteiger partial charge in [-0.3, -0.25) is 10.1 Å². The number of non-ortho nitro benzene ring substituents is 1. The van der Waals surface area contributed by atoms with E-state index in [9.17, 15) is 10.1 Å². The number of nitro groups is 1. The van der Waals surface area contributed by atoms with Gasteiger partial charge in [-0.2, -0.15) is 0 Å². The molecule has 1 rings (SSSR count). The molecule has 90 valence electrons. The number of rotatable bonds is 3. The Kier molecular flexibility index (Phi) is 7.18. The number of aryl methyl sites for hydroxylation is 2. The maximum atomic E-state index is 10.5. The summed E-state index contributed by atoms with van der Waals surface area (Å²) in [5.74, 6) is 0. The van der Waals surface area contributed by atoms with Crippen molar-refractivity contribution >= 4 is 5.69 Å². The average Bonchev–Trinajstić information content (AvgIpc) is 2.29. The normalized spacial score (nSPS) is 9.25. The standard InChI is InChI=1S/C10H13NO2.C3H8/c1-3-8-5-6-10(11(12)13)7-9(8)4-2;1-3-2/h5-7H,3-4H2,1-2H3;3H2,1-2H3. The highest BCUT2D eigenvalue weighted by molar-refractivity contribution is 5.39. The molecule has 0 aliphatic heterocycles. The predicted molar refractivity (Wildman–Crippen MR) is 67.8 cm³/mol. The Morgan fingerprint density at radius 3 is 1.94 bits per heavy atom. The summed E-state index contributed by atoms with van der Waals surface area (Å²) in [6.07, 6.45) is 3.03. The van der Waals surface area contributed by atoms with Gasteiger partial charge >= 0.3 is 0 Å². The van der Waals surface area contributed by atoms with Crippen LogP contribution in [0.4, 0.5) is 5.69 Å². The molecule has 0 fully saturated rings. The van der Waals surface area contributed by atoms with Crippen LogP contribution in [0.3, 0.4) is 0 Å². The predicted octanol–water partition coefficient (Wildman–Crippen LogP) is 4.14. The summed E-state index contributed by atoms with van der Waals surface area (Å²) in [4.78, 5) is 10.1. The van der Waals surface area contributed by atoms with Gasteiger partial charge in [-0.05, 0) is 24.0 Å². The smallest absolute Gasteiger partial charge is 0.258 e. The fourth-order valence-electron chi connectivity index (χ4n) is 1.40. The number of benzene rings is 1. The summed E-state index contributed by atoms with van der Waals surface area (Å²) in [7, 11) is 0. The second-order valence-corrected chi connectivity index (χ2v) is 3.62. The van der Waals surface area contributed by atoms with Crippen molar-refractivity contribution in [3.05, 3.63) is 39.4 Å². The van der Waals surface area contributed by atoms with Gasteiger partial charge in [0.2, 0.25) is 0 Å². The molecule has 16 heavy (non-hydrogen) atoms. The molecule has 0 N–H and O–H groups in total. The molecule has 0 aliphatic rings. The lowest BCUT2D eigenvalue weighted by Gasteiger charge is -2.03. The molecule has 0 bridgehead atoms. The molecule has 1 aromatic rings. The monoisotopic (exact) mass is 223 g/mol. The van der Waals surface area contributed by atoms with E-state index in [4.69, 9.17) is 0 Å². The van der Waals surface area contributed by atoms with E-state index in [-0.39, 0.29) is 10.6 Å². The largest absolute Gasteiger partial charge is 0.269 e. The highest BCUT2D eigenvalue weighted by Crippen LogP contribution is 2.18. The van der Waals surface area contributed by atoms with Crippen LogP contribution in [0, 0.1) is 10.1 Å². The van der Waals surface area contributed by atoms with Gasteiger partial charge in [0.1, 0.15) is 0 Å². The van der Waals surface area contributed by atoms with E-state index in [0.29, 0.717) is 0 Å². The molecule has 1 aromatic carbocycles. The summed E-state index contributed by atoms with van der Waals surface area (Å²) in [5.41, 5.74) is 2.47. The van der Waals surface area contributed by atoms with Gasteiger partial charge in [-0.15, -0.1) is 0 Å². The van der Waals surface area contributed by atoms with Gasteiger partial charge in [-0.1, -0.05) is 40.2 Å². The van der Waals surface area contributed by atoms with Crippen molar-refractivity contribution in [2.24, 2.45) is 0 Å². The zero-order valence-corrected chi connectivity index (χ0v) is 10.6. The average molecular weight is 223 g/mol. The maximum Gasteiger partial charge on any atom is 0.269 e. The fraction of sp³-hybridized carbons (Fsp3) is 0.538. The van der Waals surface area contributed by atoms with Gasteiger partial charge in [0.15, 0.2) is 0 Å². The molecule has 0 amide bonds. The van der Waals surface area contributed by atoms with Crippen LogP contribution in [-0.2, 0) is 12.8 Å². The highest BCUT2D eigenvalue weighted by atomic mass is 16.6. The van der Waals surface area contributed by atoms with E-state index in [0.717, 1.165) is 18.4 Å². The number of nitro benzene ring substituents is 1. The minimum atomic E-state index is -0.349. The Bertz CT molecular complexity index is 335. The first-order chi connectivity index (χ1) is 7.60. The SMILES string of the molecule is CCC.CCc1ccc([N+](=O)[O-])cc1CC. The van der Waals surface area contributed by atoms with Crippen molar-refractivity contribution in [3.63, 3.8) is 0 Å². The van der Waals surface area contributed by atoms with Gasteiger partial charge in [0.05, 0.1) is 4.92 Å². The molecule has 3 nitrogen and oxygen atoms in total. The molecule has 0 saturated carbocycles. The van der Waals surface area contributed by atoms with Crippen molar-refractivity contribution < 1.29 is 4.92 Å². The van der Waals surface area contributed by atoms with Crippen molar-refractivity contribution in [3.8, 4) is 0 Å². The van der Waals surface area contributed by atoms with E-state index in [1.165, 1.54) is 12.0 Å². The van der Waals surface area contributed by atoms with Crippen molar-refractivity contribution in [2.75, 3.05) is 0 Å². The lowest BCUT2D eigenvalue weighted by Crippen LogP contribution is -1.94. The highest BCUT2D eigenvalue weighted by Gasteiger charge is 2.07. The second-order valence-electron chi connectivity index (χ2n) is 3.62. The molecule has 0 heterocycles. The Labute approximate surface area is 97.6 Å². The third kappa shape index (κ3) is 4.43. The zero-order chi connectivity index (χ0) is 12.6. The third-order valence-corrected chi connectivity index (χ3v) is 2.16. The van der Waals surface area contributed by atoms with Crippen LogP contribution in [-0.4, -0.2) is 4.92 Å². The van der Waals surface area contributed by atoms with Crippen LogP contribution < -0.4 is 0 Å². The zero-order valence-electron chi connectivity index (χ0n) is 10.6. The van der Waals surface area contributed by atoms with Crippen LogP contribution in [0.1, 0.15) is 45.2 Å². The lowest BCUT2D eigenvalue weighted by molar-refractivity contribution is -0.384. The van der Waals surface area contributed by atoms with Crippen molar-refractivity contribution in [2.45, 2.75) is 47.0 Å². The van der Waals surface area contributed by atoms with Crippen LogP contribution >= 0.6 is 0 Å². The first-order valence-corrected chi connectivity index (χ1v) is 5.86. The molecule has 0 aliphatic carbocycles. The van der Waals surface area contributed by atoms with Crippen LogP contribution in [0.15, 0.2) is 18.2 Å². The molecule has 3 heteroatoms. The van der Waals surface area contributed by atoms with Crippen molar-refractivity contribution in [1.82, 2.24) is 0 Å². The molecule has 0 atom stereocenters. The molecule has 0 saturated heterocycles. The number of hydrogen-bond donors (Lipinski definition) is 0. The Hall–Kier alpha value is -1.38. The Morgan fingerprint density at radius 2 is 1.56 bits per heavy atom. The molecular formula is C13H21NO2. The summed E-state index contributed by atoms with van der Waals surface area (Å²) >= 11 is 0. The molecule has 0 radical (unpaired) electrons. The molecule has 0 unspecified atom stereocenters. The van der Waals surface area contributed by atoms with Crippen molar-refractivity contribution in [1.29, 1.82) is 0 Å². The summed E-state index contributed by atoms with van der Waals surface area (Å²) in [5, 5.41) is 10.5. The van der Waals surface area contributed by atoms with Crippen LogP contribution in [0.2, 0.25) is 0 Å². The quantitative estimate of drug-likeness (QED) is 0.571. The second kappa shape index (κ2) is 7.85.